The first-order valence-corrected chi connectivity index (χ1v) is 8.80. The number of Topliss-reactive ketones (excluding diaryl/α,β-unsaturated/α-hetero) is 1. The van der Waals surface area contributed by atoms with E-state index in [1.54, 1.807) is 32.9 Å². The van der Waals surface area contributed by atoms with Gasteiger partial charge in [0, 0.05) is 31.5 Å². The number of rotatable bonds is 3. The lowest BCUT2D eigenvalue weighted by molar-refractivity contribution is -0.385. The molecule has 0 N–H and O–H groups in total. The Kier molecular flexibility index (Phi) is 5.82. The Bertz CT molecular complexity index is 699. The van der Waals surface area contributed by atoms with Crippen LogP contribution in [-0.2, 0) is 16.0 Å². The normalized spacial score (nSPS) is 18.2. The molecule has 1 atom stereocenters. The number of amides is 1. The molecule has 1 aliphatic heterocycles. The van der Waals surface area contributed by atoms with E-state index < -0.39 is 22.5 Å². The third-order valence-electron chi connectivity index (χ3n) is 3.90. The van der Waals surface area contributed by atoms with Crippen molar-refractivity contribution in [3.63, 3.8) is 0 Å². The molecule has 1 aromatic rings. The van der Waals surface area contributed by atoms with Crippen LogP contribution in [0.3, 0.4) is 0 Å². The summed E-state index contributed by atoms with van der Waals surface area (Å²) in [4.78, 5) is 36.6. The van der Waals surface area contributed by atoms with E-state index in [0.29, 0.717) is 23.0 Å². The monoisotopic (exact) mass is 412 g/mol. The molecule has 1 unspecified atom stereocenters. The van der Waals surface area contributed by atoms with Crippen molar-refractivity contribution in [2.75, 3.05) is 13.1 Å². The molecule has 0 bridgehead atoms. The summed E-state index contributed by atoms with van der Waals surface area (Å²) in [5.74, 6) is -0.349. The quantitative estimate of drug-likeness (QED) is 0.557. The molecule has 0 aromatic heterocycles. The molecule has 1 aliphatic rings. The first kappa shape index (κ1) is 19.4. The van der Waals surface area contributed by atoms with E-state index in [2.05, 4.69) is 15.9 Å². The Balaban J connectivity index is 2.13. The van der Waals surface area contributed by atoms with Gasteiger partial charge >= 0.3 is 6.09 Å². The second kappa shape index (κ2) is 7.51. The topological polar surface area (TPSA) is 89.8 Å². The molecule has 1 aromatic carbocycles. The number of piperidine rings is 1. The molecule has 0 saturated carbocycles. The van der Waals surface area contributed by atoms with E-state index in [0.717, 1.165) is 0 Å². The third kappa shape index (κ3) is 5.01. The van der Waals surface area contributed by atoms with Crippen molar-refractivity contribution in [2.24, 2.45) is 5.92 Å². The number of ketones is 1. The number of nitro groups is 1. The van der Waals surface area contributed by atoms with Gasteiger partial charge in [-0.1, -0.05) is 12.1 Å². The smallest absolute Gasteiger partial charge is 0.410 e. The fourth-order valence-corrected chi connectivity index (χ4v) is 3.28. The molecule has 136 valence electrons. The molecule has 25 heavy (non-hydrogen) atoms. The first-order chi connectivity index (χ1) is 11.6. The summed E-state index contributed by atoms with van der Waals surface area (Å²) in [5.41, 5.74) is 0.0419. The minimum Gasteiger partial charge on any atom is -0.444 e. The molecule has 0 spiro atoms. The maximum absolute atomic E-state index is 12.3. The molecule has 1 amide bonds. The Morgan fingerprint density at radius 3 is 2.72 bits per heavy atom. The van der Waals surface area contributed by atoms with Crippen molar-refractivity contribution in [3.8, 4) is 0 Å². The van der Waals surface area contributed by atoms with Crippen LogP contribution in [0.25, 0.3) is 0 Å². The van der Waals surface area contributed by atoms with Crippen molar-refractivity contribution in [1.29, 1.82) is 0 Å². The lowest BCUT2D eigenvalue weighted by atomic mass is 9.90. The fraction of sp³-hybridized carbons (Fsp3) is 0.529. The Hall–Kier alpha value is -1.96. The van der Waals surface area contributed by atoms with Crippen LogP contribution in [0.2, 0.25) is 0 Å². The highest BCUT2D eigenvalue weighted by molar-refractivity contribution is 9.10. The number of ether oxygens (including phenoxy) is 1. The molecule has 1 heterocycles. The predicted octanol–water partition coefficient (Wildman–Crippen LogP) is 3.73. The van der Waals surface area contributed by atoms with Gasteiger partial charge in [0.05, 0.1) is 9.40 Å². The Morgan fingerprint density at radius 2 is 2.12 bits per heavy atom. The molecule has 7 nitrogen and oxygen atoms in total. The zero-order chi connectivity index (χ0) is 18.8. The number of hydrogen-bond acceptors (Lipinski definition) is 5. The summed E-state index contributed by atoms with van der Waals surface area (Å²) in [7, 11) is 0. The molecular formula is C17H21BrN2O5. The predicted molar refractivity (Wildman–Crippen MR) is 95.4 cm³/mol. The van der Waals surface area contributed by atoms with E-state index in [1.807, 2.05) is 0 Å². The van der Waals surface area contributed by atoms with Gasteiger partial charge in [0.25, 0.3) is 5.69 Å². The number of hydrogen-bond donors (Lipinski definition) is 0. The van der Waals surface area contributed by atoms with Gasteiger partial charge in [-0.2, -0.15) is 0 Å². The second-order valence-electron chi connectivity index (χ2n) is 7.05. The van der Waals surface area contributed by atoms with Gasteiger partial charge in [0.2, 0.25) is 0 Å². The van der Waals surface area contributed by atoms with Crippen molar-refractivity contribution in [3.05, 3.63) is 38.3 Å². The number of carbonyl (C=O) groups excluding carboxylic acids is 2. The first-order valence-electron chi connectivity index (χ1n) is 8.01. The van der Waals surface area contributed by atoms with Crippen LogP contribution in [-0.4, -0.2) is 40.4 Å². The van der Waals surface area contributed by atoms with Crippen molar-refractivity contribution in [1.82, 2.24) is 4.90 Å². The van der Waals surface area contributed by atoms with E-state index in [1.165, 1.54) is 11.0 Å². The zero-order valence-corrected chi connectivity index (χ0v) is 16.0. The van der Waals surface area contributed by atoms with E-state index in [-0.39, 0.29) is 24.4 Å². The molecule has 1 saturated heterocycles. The number of nitro benzene ring substituents is 1. The third-order valence-corrected chi connectivity index (χ3v) is 4.81. The molecule has 0 radical (unpaired) electrons. The molecule has 8 heteroatoms. The Labute approximate surface area is 154 Å². The minimum atomic E-state index is -0.600. The van der Waals surface area contributed by atoms with Crippen molar-refractivity contribution in [2.45, 2.75) is 39.2 Å². The van der Waals surface area contributed by atoms with E-state index >= 15 is 0 Å². The van der Waals surface area contributed by atoms with Crippen LogP contribution in [0.5, 0.6) is 0 Å². The largest absolute Gasteiger partial charge is 0.444 e. The standard InChI is InChI=1S/C17H21BrN2O5/c1-17(2,3)25-16(22)19-8-7-14(21)12(10-19)9-11-5-4-6-13(15(11)18)20(23)24/h4-6,12H,7-10H2,1-3H3. The zero-order valence-electron chi connectivity index (χ0n) is 14.5. The molecule has 2 rings (SSSR count). The van der Waals surface area contributed by atoms with Crippen LogP contribution in [0.4, 0.5) is 10.5 Å². The average Bonchev–Trinajstić information content (AvgIpc) is 2.49. The summed E-state index contributed by atoms with van der Waals surface area (Å²) in [6.45, 7) is 5.95. The SMILES string of the molecule is CC(C)(C)OC(=O)N1CCC(=O)C(Cc2cccc([N+](=O)[O-])c2Br)C1. The van der Waals surface area contributed by atoms with Gasteiger partial charge < -0.3 is 9.64 Å². The molecule has 1 fully saturated rings. The average molecular weight is 413 g/mol. The van der Waals surface area contributed by atoms with Gasteiger partial charge in [0.1, 0.15) is 11.4 Å². The Morgan fingerprint density at radius 1 is 1.44 bits per heavy atom. The van der Waals surface area contributed by atoms with Crippen molar-refractivity contribution < 1.29 is 19.2 Å². The van der Waals surface area contributed by atoms with Gasteiger partial charge in [-0.15, -0.1) is 0 Å². The molecule has 0 aliphatic carbocycles. The summed E-state index contributed by atoms with van der Waals surface area (Å²) < 4.78 is 5.74. The van der Waals surface area contributed by atoms with Gasteiger partial charge in [-0.3, -0.25) is 14.9 Å². The lowest BCUT2D eigenvalue weighted by Gasteiger charge is -2.33. The maximum atomic E-state index is 12.3. The van der Waals surface area contributed by atoms with Crippen LogP contribution in [0, 0.1) is 16.0 Å². The van der Waals surface area contributed by atoms with Gasteiger partial charge in [-0.25, -0.2) is 4.79 Å². The highest BCUT2D eigenvalue weighted by atomic mass is 79.9. The lowest BCUT2D eigenvalue weighted by Crippen LogP contribution is -2.46. The summed E-state index contributed by atoms with van der Waals surface area (Å²) in [6, 6.07) is 4.75. The van der Waals surface area contributed by atoms with E-state index in [4.69, 9.17) is 4.74 Å². The number of nitrogens with zero attached hydrogens (tertiary/aromatic N) is 2. The van der Waals surface area contributed by atoms with Gasteiger partial charge in [0.15, 0.2) is 0 Å². The van der Waals surface area contributed by atoms with Crippen LogP contribution < -0.4 is 0 Å². The van der Waals surface area contributed by atoms with Crippen LogP contribution in [0.1, 0.15) is 32.8 Å². The highest BCUT2D eigenvalue weighted by Crippen LogP contribution is 2.31. The summed E-state index contributed by atoms with van der Waals surface area (Å²) in [5, 5.41) is 11.0. The number of halogens is 1. The fourth-order valence-electron chi connectivity index (χ4n) is 2.71. The summed E-state index contributed by atoms with van der Waals surface area (Å²) in [6.07, 6.45) is 0.153. The molecular weight excluding hydrogens is 392 g/mol. The van der Waals surface area contributed by atoms with Crippen molar-refractivity contribution >= 4 is 33.5 Å². The summed E-state index contributed by atoms with van der Waals surface area (Å²) >= 11 is 3.25. The minimum absolute atomic E-state index is 0.0373. The number of benzene rings is 1. The van der Waals surface area contributed by atoms with Gasteiger partial charge in [-0.05, 0) is 48.7 Å². The van der Waals surface area contributed by atoms with Crippen LogP contribution >= 0.6 is 15.9 Å². The van der Waals surface area contributed by atoms with Crippen LogP contribution in [0.15, 0.2) is 22.7 Å². The number of carbonyl (C=O) groups is 2. The maximum Gasteiger partial charge on any atom is 0.410 e. The second-order valence-corrected chi connectivity index (χ2v) is 7.84. The highest BCUT2D eigenvalue weighted by Gasteiger charge is 2.33. The van der Waals surface area contributed by atoms with E-state index in [9.17, 15) is 19.7 Å². The number of likely N-dealkylation sites (tertiary alicyclic amines) is 1.